The van der Waals surface area contributed by atoms with Crippen LogP contribution in [-0.4, -0.2) is 47.7 Å². The van der Waals surface area contributed by atoms with Crippen LogP contribution in [0.25, 0.3) is 0 Å². The second-order valence-electron chi connectivity index (χ2n) is 19.6. The molecule has 6 rings (SSSR count). The van der Waals surface area contributed by atoms with Gasteiger partial charge in [0.15, 0.2) is 0 Å². The van der Waals surface area contributed by atoms with Gasteiger partial charge in [-0.05, 0) is 175 Å². The fraction of sp³-hybridized carbons (Fsp3) is 0.902. The maximum absolute atomic E-state index is 13.1. The predicted molar refractivity (Wildman–Crippen MR) is 185 cm³/mol. The smallest absolute Gasteiger partial charge is 0.309 e. The molecule has 5 aliphatic carbocycles. The summed E-state index contributed by atoms with van der Waals surface area (Å²) in [6.07, 6.45) is 16.6. The maximum atomic E-state index is 13.1. The molecule has 6 fully saturated rings. The Morgan fingerprint density at radius 2 is 1.57 bits per heavy atom. The monoisotopic (exact) mass is 638 g/mol. The van der Waals surface area contributed by atoms with E-state index in [1.54, 1.807) is 13.8 Å². The van der Waals surface area contributed by atoms with Crippen molar-refractivity contribution in [2.75, 3.05) is 19.6 Å². The molecule has 5 nitrogen and oxygen atoms in total. The number of carboxylic acid groups (broad SMARTS) is 1. The molecule has 0 radical (unpaired) electrons. The van der Waals surface area contributed by atoms with E-state index in [1.165, 1.54) is 95.8 Å². The van der Waals surface area contributed by atoms with Crippen LogP contribution in [0.5, 0.6) is 0 Å². The van der Waals surface area contributed by atoms with E-state index in [0.29, 0.717) is 34.0 Å². The molecule has 0 amide bonds. The van der Waals surface area contributed by atoms with E-state index in [9.17, 15) is 14.7 Å². The number of carboxylic acids is 1. The Hall–Kier alpha value is -1.36. The quantitative estimate of drug-likeness (QED) is 0.212. The lowest BCUT2D eigenvalue weighted by molar-refractivity contribution is -0.250. The molecule has 46 heavy (non-hydrogen) atoms. The number of rotatable bonds is 8. The first kappa shape index (κ1) is 34.5. The normalized spacial score (nSPS) is 45.2. The average molecular weight is 638 g/mol. The van der Waals surface area contributed by atoms with Crippen molar-refractivity contribution in [2.24, 2.45) is 62.1 Å². The number of esters is 1. The number of allylic oxidation sites excluding steroid dienone is 1. The summed E-state index contributed by atoms with van der Waals surface area (Å²) in [5.74, 6) is 2.13. The third kappa shape index (κ3) is 5.17. The molecule has 0 spiro atoms. The third-order valence-electron chi connectivity index (χ3n) is 16.7. The zero-order valence-corrected chi connectivity index (χ0v) is 30.8. The molecule has 0 bridgehead atoms. The first-order valence-corrected chi connectivity index (χ1v) is 19.2. The van der Waals surface area contributed by atoms with Crippen molar-refractivity contribution in [3.63, 3.8) is 0 Å². The van der Waals surface area contributed by atoms with Gasteiger partial charge in [-0.2, -0.15) is 0 Å². The van der Waals surface area contributed by atoms with Gasteiger partial charge in [0, 0.05) is 5.41 Å². The van der Waals surface area contributed by atoms with E-state index < -0.39 is 11.4 Å². The van der Waals surface area contributed by atoms with Gasteiger partial charge in [0.1, 0.15) is 6.10 Å². The number of hydrogen-bond acceptors (Lipinski definition) is 4. The van der Waals surface area contributed by atoms with Gasteiger partial charge < -0.3 is 14.7 Å². The number of hydrogen-bond donors (Lipinski definition) is 1. The number of nitrogens with zero attached hydrogens (tertiary/aromatic N) is 1. The Bertz CT molecular complexity index is 1220. The van der Waals surface area contributed by atoms with Crippen LogP contribution in [0.4, 0.5) is 0 Å². The Labute approximate surface area is 281 Å². The SMILES string of the molecule is C=C(C)[C@@H]1CC[C@]2(CCN3CCCC3)CC[C@]3(C)[C@H](CCC4[C@@]5(C)CC[C@H](OC(=O)CC(C)(C)C(=O)O)C(C)(C)C5CC[C@]43C)[C@@H]12. The number of likely N-dealkylation sites (tertiary alicyclic amines) is 1. The van der Waals surface area contributed by atoms with Crippen molar-refractivity contribution in [1.82, 2.24) is 4.90 Å². The van der Waals surface area contributed by atoms with Gasteiger partial charge in [-0.25, -0.2) is 0 Å². The summed E-state index contributed by atoms with van der Waals surface area (Å²) in [6, 6.07) is 0. The topological polar surface area (TPSA) is 66.8 Å². The highest BCUT2D eigenvalue weighted by atomic mass is 16.5. The van der Waals surface area contributed by atoms with Gasteiger partial charge in [-0.1, -0.05) is 46.8 Å². The number of fused-ring (bicyclic) bond motifs is 7. The predicted octanol–water partition coefficient (Wildman–Crippen LogP) is 9.54. The lowest BCUT2D eigenvalue weighted by Gasteiger charge is -2.73. The molecule has 10 atom stereocenters. The molecule has 1 heterocycles. The molecule has 0 aromatic rings. The van der Waals surface area contributed by atoms with E-state index in [4.69, 9.17) is 4.74 Å². The summed E-state index contributed by atoms with van der Waals surface area (Å²) in [5, 5.41) is 9.59. The summed E-state index contributed by atoms with van der Waals surface area (Å²) in [6.45, 7) is 26.9. The lowest BCUT2D eigenvalue weighted by atomic mass is 9.32. The highest BCUT2D eigenvalue weighted by Crippen LogP contribution is 2.78. The number of carbonyl (C=O) groups is 2. The van der Waals surface area contributed by atoms with Crippen molar-refractivity contribution in [2.45, 2.75) is 151 Å². The molecule has 260 valence electrons. The molecule has 6 aliphatic rings. The minimum Gasteiger partial charge on any atom is -0.481 e. The van der Waals surface area contributed by atoms with Crippen molar-refractivity contribution < 1.29 is 19.4 Å². The van der Waals surface area contributed by atoms with Crippen LogP contribution in [0.15, 0.2) is 12.2 Å². The molecule has 0 aromatic carbocycles. The van der Waals surface area contributed by atoms with Crippen LogP contribution in [0.3, 0.4) is 0 Å². The molecule has 0 aromatic heterocycles. The lowest BCUT2D eigenvalue weighted by Crippen LogP contribution is -2.66. The number of ether oxygens (including phenoxy) is 1. The molecule has 1 aliphatic heterocycles. The highest BCUT2D eigenvalue weighted by molar-refractivity contribution is 5.81. The Kier molecular flexibility index (Phi) is 8.71. The van der Waals surface area contributed by atoms with Gasteiger partial charge in [-0.15, -0.1) is 0 Å². The van der Waals surface area contributed by atoms with Gasteiger partial charge in [0.2, 0.25) is 0 Å². The van der Waals surface area contributed by atoms with Crippen molar-refractivity contribution in [3.05, 3.63) is 12.2 Å². The summed E-state index contributed by atoms with van der Waals surface area (Å²) >= 11 is 0. The van der Waals surface area contributed by atoms with E-state index in [2.05, 4.69) is 53.0 Å². The van der Waals surface area contributed by atoms with Gasteiger partial charge in [0.25, 0.3) is 0 Å². The molecule has 5 heteroatoms. The second kappa shape index (κ2) is 11.6. The first-order chi connectivity index (χ1) is 21.4. The summed E-state index contributed by atoms with van der Waals surface area (Å²) in [7, 11) is 0. The standard InChI is InChI=1S/C41H67NO4/c1-27(2)28-14-19-41(22-25-42-23-10-11-24-42)21-20-39(8)29(34(28)41)12-13-31-38(7)17-16-32(46-33(43)26-36(3,4)35(44)45)37(5,6)30(38)15-18-40(31,39)9/h28-32,34H,1,10-26H2,2-9H3,(H,44,45)/t28-,29+,30?,31?,32-,34+,38-,39+,40+,41+/m0/s1. The summed E-state index contributed by atoms with van der Waals surface area (Å²) in [5.41, 5.74) is 1.58. The van der Waals surface area contributed by atoms with E-state index in [1.807, 2.05) is 0 Å². The summed E-state index contributed by atoms with van der Waals surface area (Å²) in [4.78, 5) is 27.5. The number of carbonyl (C=O) groups excluding carboxylic acids is 1. The first-order valence-electron chi connectivity index (χ1n) is 19.2. The van der Waals surface area contributed by atoms with Crippen LogP contribution in [0.2, 0.25) is 0 Å². The number of aliphatic carboxylic acids is 1. The maximum Gasteiger partial charge on any atom is 0.309 e. The van der Waals surface area contributed by atoms with Crippen LogP contribution in [0.1, 0.15) is 145 Å². The minimum atomic E-state index is -1.11. The molecular weight excluding hydrogens is 570 g/mol. The van der Waals surface area contributed by atoms with Gasteiger partial charge in [0.05, 0.1) is 11.8 Å². The van der Waals surface area contributed by atoms with Crippen LogP contribution in [-0.2, 0) is 14.3 Å². The van der Waals surface area contributed by atoms with Crippen LogP contribution >= 0.6 is 0 Å². The fourth-order valence-corrected chi connectivity index (χ4v) is 13.9. The third-order valence-corrected chi connectivity index (χ3v) is 16.7. The van der Waals surface area contributed by atoms with E-state index in [-0.39, 0.29) is 29.3 Å². The average Bonchev–Trinajstić information content (AvgIpc) is 3.62. The van der Waals surface area contributed by atoms with Crippen molar-refractivity contribution in [1.29, 1.82) is 0 Å². The summed E-state index contributed by atoms with van der Waals surface area (Å²) < 4.78 is 6.19. The zero-order chi connectivity index (χ0) is 33.5. The Morgan fingerprint density at radius 3 is 2.22 bits per heavy atom. The molecule has 1 saturated heterocycles. The largest absolute Gasteiger partial charge is 0.481 e. The van der Waals surface area contributed by atoms with Gasteiger partial charge >= 0.3 is 11.9 Å². The zero-order valence-electron chi connectivity index (χ0n) is 30.8. The van der Waals surface area contributed by atoms with E-state index in [0.717, 1.165) is 24.7 Å². The van der Waals surface area contributed by atoms with Crippen molar-refractivity contribution >= 4 is 11.9 Å². The Morgan fingerprint density at radius 1 is 0.870 bits per heavy atom. The minimum absolute atomic E-state index is 0.0802. The van der Waals surface area contributed by atoms with Crippen molar-refractivity contribution in [3.8, 4) is 0 Å². The van der Waals surface area contributed by atoms with E-state index >= 15 is 0 Å². The molecular formula is C41H67NO4. The van der Waals surface area contributed by atoms with Crippen LogP contribution < -0.4 is 0 Å². The molecule has 1 N–H and O–H groups in total. The molecule has 5 saturated carbocycles. The highest BCUT2D eigenvalue weighted by Gasteiger charge is 2.71. The Balaban J connectivity index is 1.24. The van der Waals surface area contributed by atoms with Gasteiger partial charge in [-0.3, -0.25) is 9.59 Å². The fourth-order valence-electron chi connectivity index (χ4n) is 13.9. The van der Waals surface area contributed by atoms with Crippen LogP contribution in [0, 0.1) is 62.1 Å². The molecule has 2 unspecified atom stereocenters. The second-order valence-corrected chi connectivity index (χ2v) is 19.6.